The number of H-pyrrole nitrogens is 1. The van der Waals surface area contributed by atoms with E-state index in [-0.39, 0.29) is 11.1 Å². The summed E-state index contributed by atoms with van der Waals surface area (Å²) in [5, 5.41) is 9.98. The van der Waals surface area contributed by atoms with E-state index < -0.39 is 53.6 Å². The summed E-state index contributed by atoms with van der Waals surface area (Å²) in [4.78, 5) is 52.5. The number of aromatic amines is 1. The minimum atomic E-state index is -3.17. The number of benzene rings is 2. The maximum absolute atomic E-state index is 16.2. The van der Waals surface area contributed by atoms with Crippen molar-refractivity contribution in [2.75, 3.05) is 6.61 Å². The van der Waals surface area contributed by atoms with Crippen LogP contribution in [-0.4, -0.2) is 50.8 Å². The fourth-order valence-corrected chi connectivity index (χ4v) is 3.98. The van der Waals surface area contributed by atoms with Crippen LogP contribution in [0, 0.1) is 0 Å². The Bertz CT molecular complexity index is 1460. The van der Waals surface area contributed by atoms with E-state index in [9.17, 15) is 24.3 Å². The molecule has 2 heterocycles. The van der Waals surface area contributed by atoms with Crippen molar-refractivity contribution in [3.8, 4) is 0 Å². The molecule has 1 aromatic heterocycles. The molecule has 1 fully saturated rings. The van der Waals surface area contributed by atoms with Crippen molar-refractivity contribution in [3.05, 3.63) is 123 Å². The van der Waals surface area contributed by atoms with E-state index in [0.29, 0.717) is 0 Å². The van der Waals surface area contributed by atoms with E-state index in [0.717, 1.165) is 22.9 Å². The highest BCUT2D eigenvalue weighted by atomic mass is 19.2. The fraction of sp³-hybridized carbons (Fsp3) is 0.192. The first kappa shape index (κ1) is 25.5. The molecule has 37 heavy (non-hydrogen) atoms. The van der Waals surface area contributed by atoms with E-state index in [4.69, 9.17) is 14.2 Å². The molecule has 0 unspecified atom stereocenters. The minimum Gasteiger partial charge on any atom is -0.448 e. The van der Waals surface area contributed by atoms with Gasteiger partial charge in [0.2, 0.25) is 11.7 Å². The predicted molar refractivity (Wildman–Crippen MR) is 126 cm³/mol. The number of aliphatic hydroxyl groups is 1. The first-order chi connectivity index (χ1) is 17.7. The number of halogens is 1. The molecule has 4 rings (SSSR count). The highest BCUT2D eigenvalue weighted by molar-refractivity contribution is 5.91. The van der Waals surface area contributed by atoms with Gasteiger partial charge in [0, 0.05) is 18.3 Å². The number of hydrogen-bond acceptors (Lipinski definition) is 8. The third-order valence-corrected chi connectivity index (χ3v) is 5.66. The van der Waals surface area contributed by atoms with Gasteiger partial charge in [-0.25, -0.2) is 18.8 Å². The number of aromatic nitrogens is 2. The Kier molecular flexibility index (Phi) is 7.03. The zero-order valence-corrected chi connectivity index (χ0v) is 19.2. The van der Waals surface area contributed by atoms with Crippen molar-refractivity contribution in [3.63, 3.8) is 0 Å². The maximum Gasteiger partial charge on any atom is 0.339 e. The summed E-state index contributed by atoms with van der Waals surface area (Å²) in [5.74, 6) is -5.20. The van der Waals surface area contributed by atoms with Gasteiger partial charge in [-0.2, -0.15) is 0 Å². The van der Waals surface area contributed by atoms with Gasteiger partial charge in [-0.3, -0.25) is 14.3 Å². The molecule has 2 N–H and O–H groups in total. The summed E-state index contributed by atoms with van der Waals surface area (Å²) in [5.41, 5.74) is -1.77. The van der Waals surface area contributed by atoms with E-state index in [1.807, 2.05) is 4.98 Å². The Labute approximate surface area is 208 Å². The van der Waals surface area contributed by atoms with Crippen LogP contribution in [0.5, 0.6) is 0 Å². The molecule has 1 aliphatic heterocycles. The van der Waals surface area contributed by atoms with Gasteiger partial charge < -0.3 is 19.3 Å². The van der Waals surface area contributed by atoms with Gasteiger partial charge in [0.15, 0.2) is 6.23 Å². The van der Waals surface area contributed by atoms with Crippen molar-refractivity contribution in [2.45, 2.75) is 23.8 Å². The van der Waals surface area contributed by atoms with Crippen LogP contribution >= 0.6 is 0 Å². The number of nitrogens with zero attached hydrogens (tertiary/aromatic N) is 1. The second-order valence-corrected chi connectivity index (χ2v) is 8.04. The molecule has 1 aliphatic rings. The van der Waals surface area contributed by atoms with E-state index >= 15 is 4.39 Å². The van der Waals surface area contributed by atoms with Crippen LogP contribution in [0.4, 0.5) is 4.39 Å². The van der Waals surface area contributed by atoms with E-state index in [2.05, 4.69) is 12.3 Å². The Balaban J connectivity index is 1.91. The Morgan fingerprint density at radius 3 is 2.22 bits per heavy atom. The van der Waals surface area contributed by atoms with E-state index in [1.165, 1.54) is 24.3 Å². The van der Waals surface area contributed by atoms with Crippen molar-refractivity contribution in [1.82, 2.24) is 9.55 Å². The first-order valence-corrected chi connectivity index (χ1v) is 10.9. The maximum atomic E-state index is 16.2. The highest BCUT2D eigenvalue weighted by Gasteiger charge is 2.70. The average molecular weight is 508 g/mol. The van der Waals surface area contributed by atoms with Gasteiger partial charge in [0.25, 0.3) is 11.4 Å². The monoisotopic (exact) mass is 508 g/mol. The number of alkyl halides is 1. The highest BCUT2D eigenvalue weighted by Crippen LogP contribution is 2.50. The van der Waals surface area contributed by atoms with Gasteiger partial charge in [0.05, 0.1) is 11.1 Å². The van der Waals surface area contributed by atoms with Gasteiger partial charge in [-0.1, -0.05) is 43.0 Å². The van der Waals surface area contributed by atoms with Crippen LogP contribution in [0.3, 0.4) is 0 Å². The molecular formula is C26H21FN2O8. The molecule has 0 radical (unpaired) electrons. The van der Waals surface area contributed by atoms with Gasteiger partial charge in [0.1, 0.15) is 6.61 Å². The quantitative estimate of drug-likeness (QED) is 0.365. The minimum absolute atomic E-state index is 0.0262. The topological polar surface area (TPSA) is 137 Å². The summed E-state index contributed by atoms with van der Waals surface area (Å²) < 4.78 is 33.5. The molecule has 1 saturated heterocycles. The van der Waals surface area contributed by atoms with Crippen LogP contribution in [0.2, 0.25) is 0 Å². The number of nitrogens with one attached hydrogen (secondary N) is 1. The largest absolute Gasteiger partial charge is 0.448 e. The van der Waals surface area contributed by atoms with E-state index in [1.54, 1.807) is 36.4 Å². The molecule has 2 aromatic carbocycles. The Morgan fingerprint density at radius 2 is 1.68 bits per heavy atom. The van der Waals surface area contributed by atoms with Crippen LogP contribution in [0.15, 0.2) is 101 Å². The average Bonchev–Trinajstić information content (AvgIpc) is 3.13. The third-order valence-electron chi connectivity index (χ3n) is 5.66. The van der Waals surface area contributed by atoms with Crippen LogP contribution in [0.1, 0.15) is 26.9 Å². The predicted octanol–water partition coefficient (Wildman–Crippen LogP) is 1.89. The van der Waals surface area contributed by atoms with Crippen molar-refractivity contribution >= 4 is 11.9 Å². The fourth-order valence-electron chi connectivity index (χ4n) is 3.98. The van der Waals surface area contributed by atoms with Crippen LogP contribution < -0.4 is 11.2 Å². The number of hydrogen-bond donors (Lipinski definition) is 2. The molecule has 3 aromatic rings. The molecule has 0 amide bonds. The molecular weight excluding hydrogens is 487 g/mol. The lowest BCUT2D eigenvalue weighted by atomic mass is 9.91. The lowest BCUT2D eigenvalue weighted by Gasteiger charge is -2.35. The SMILES string of the molecule is C=C=C[C@]1(OC(=O)c2ccccc2)[C@H](n2ccc(=O)[nH]c2=O)O[C@](F)(CO)[C@H]1OC(=O)c1ccccc1. The zero-order chi connectivity index (χ0) is 26.6. The van der Waals surface area contributed by atoms with Gasteiger partial charge in [-0.05, 0) is 24.3 Å². The van der Waals surface area contributed by atoms with Crippen LogP contribution in [0.25, 0.3) is 0 Å². The van der Waals surface area contributed by atoms with Crippen molar-refractivity contribution < 1.29 is 33.3 Å². The Hall–Kier alpha value is -4.57. The first-order valence-electron chi connectivity index (χ1n) is 10.9. The lowest BCUT2D eigenvalue weighted by molar-refractivity contribution is -0.207. The molecule has 10 nitrogen and oxygen atoms in total. The summed E-state index contributed by atoms with van der Waals surface area (Å²) in [7, 11) is 0. The lowest BCUT2D eigenvalue weighted by Crippen LogP contribution is -2.55. The standard InChI is InChI=1S/C26H21FN2O8/c1-2-14-25(36-21(33)18-11-7-4-8-12-18)22(35-20(32)17-9-5-3-6-10-17)26(27,16-30)37-23(25)29-15-13-19(31)28-24(29)34/h3-15,22-23,30H,1,16H2,(H,28,31,34)/t22-,23+,25+,26+/m0/s1. The second-order valence-electron chi connectivity index (χ2n) is 8.04. The smallest absolute Gasteiger partial charge is 0.339 e. The zero-order valence-electron chi connectivity index (χ0n) is 19.2. The number of carbonyl (C=O) groups excluding carboxylic acids is 2. The molecule has 0 bridgehead atoms. The summed E-state index contributed by atoms with van der Waals surface area (Å²) in [6.45, 7) is 2.10. The van der Waals surface area contributed by atoms with Gasteiger partial charge in [-0.15, -0.1) is 5.73 Å². The number of ether oxygens (including phenoxy) is 3. The summed E-state index contributed by atoms with van der Waals surface area (Å²) in [6.07, 6.45) is -2.07. The second kappa shape index (κ2) is 10.2. The summed E-state index contributed by atoms with van der Waals surface area (Å²) >= 11 is 0. The number of aliphatic hydroxyl groups excluding tert-OH is 1. The number of esters is 2. The molecule has 4 atom stereocenters. The van der Waals surface area contributed by atoms with Gasteiger partial charge >= 0.3 is 17.6 Å². The Morgan fingerprint density at radius 1 is 1.08 bits per heavy atom. The molecule has 11 heteroatoms. The normalized spacial score (nSPS) is 24.6. The summed E-state index contributed by atoms with van der Waals surface area (Å²) in [6, 6.07) is 16.1. The number of carbonyl (C=O) groups is 2. The molecule has 0 saturated carbocycles. The molecule has 0 spiro atoms. The molecule has 0 aliphatic carbocycles. The molecule has 190 valence electrons. The van der Waals surface area contributed by atoms with Crippen molar-refractivity contribution in [1.29, 1.82) is 0 Å². The number of rotatable bonds is 7. The third kappa shape index (κ3) is 4.78. The van der Waals surface area contributed by atoms with Crippen LogP contribution in [-0.2, 0) is 14.2 Å². The van der Waals surface area contributed by atoms with Crippen molar-refractivity contribution in [2.24, 2.45) is 0 Å².